The van der Waals surface area contributed by atoms with Gasteiger partial charge < -0.3 is 0 Å². The van der Waals surface area contributed by atoms with Gasteiger partial charge in [0.2, 0.25) is 0 Å². The summed E-state index contributed by atoms with van der Waals surface area (Å²) in [6, 6.07) is 0. The molecule has 0 N–H and O–H groups in total. The van der Waals surface area contributed by atoms with Crippen LogP contribution in [0.2, 0.25) is 0 Å². The quantitative estimate of drug-likeness (QED) is 0.427. The van der Waals surface area contributed by atoms with Gasteiger partial charge in [0.15, 0.2) is 0 Å². The lowest BCUT2D eigenvalue weighted by Gasteiger charge is -1.67. The average Bonchev–Trinajstić information content (AvgIpc) is 1.90. The number of nitrogens with zero attached hydrogens (tertiary/aromatic N) is 1. The van der Waals surface area contributed by atoms with E-state index in [1.165, 1.54) is 0 Å². The Morgan fingerprint density at radius 3 is 3.00 bits per heavy atom. The Kier molecular flexibility index (Phi) is 1.44. The van der Waals surface area contributed by atoms with Gasteiger partial charge in [-0.25, -0.2) is 0 Å². The van der Waals surface area contributed by atoms with E-state index in [1.807, 2.05) is 24.6 Å². The molecule has 0 aliphatic carbocycles. The lowest BCUT2D eigenvalue weighted by Crippen LogP contribution is -1.55. The molecule has 0 aromatic carbocycles. The Bertz CT molecular complexity index is 106. The van der Waals surface area contributed by atoms with Gasteiger partial charge in [0.05, 0.1) is 0 Å². The summed E-state index contributed by atoms with van der Waals surface area (Å²) in [5.41, 5.74) is 0. The molecular weight excluding hydrogens is 86.1 g/mol. The average molecular weight is 92.1 g/mol. The second-order valence-corrected chi connectivity index (χ2v) is 1.22. The Morgan fingerprint density at radius 2 is 2.00 bits per heavy atom. The van der Waals surface area contributed by atoms with Crippen molar-refractivity contribution in [1.29, 1.82) is 0 Å². The van der Waals surface area contributed by atoms with Crippen molar-refractivity contribution in [2.24, 2.45) is 4.99 Å². The van der Waals surface area contributed by atoms with Gasteiger partial charge in [0.1, 0.15) is 0 Å². The van der Waals surface area contributed by atoms with Gasteiger partial charge in [-0.2, -0.15) is 0 Å². The summed E-state index contributed by atoms with van der Waals surface area (Å²) in [6.45, 7) is 0. The van der Waals surface area contributed by atoms with Crippen LogP contribution in [0, 0.1) is 6.42 Å². The standard InChI is InChI=1S/C6H6N/c1-2-4-6-7-5-3-1/h1-6H. The van der Waals surface area contributed by atoms with E-state index in [2.05, 4.69) is 4.99 Å². The van der Waals surface area contributed by atoms with E-state index < -0.39 is 0 Å². The molecule has 0 unspecified atom stereocenters. The van der Waals surface area contributed by atoms with Crippen molar-refractivity contribution in [3.8, 4) is 0 Å². The first-order valence-corrected chi connectivity index (χ1v) is 2.18. The predicted octanol–water partition coefficient (Wildman–Crippen LogP) is 1.34. The third-order valence-corrected chi connectivity index (χ3v) is 0.678. The minimum atomic E-state index is 1.75. The smallest absolute Gasteiger partial charge is 0.0264 e. The van der Waals surface area contributed by atoms with Crippen LogP contribution in [0.25, 0.3) is 0 Å². The molecule has 0 saturated heterocycles. The third-order valence-electron chi connectivity index (χ3n) is 0.678. The van der Waals surface area contributed by atoms with Crippen LogP contribution in [0.4, 0.5) is 0 Å². The maximum atomic E-state index is 3.85. The molecule has 1 rings (SSSR count). The number of hydrogen-bond donors (Lipinski definition) is 0. The molecule has 0 bridgehead atoms. The van der Waals surface area contributed by atoms with E-state index in [9.17, 15) is 0 Å². The highest BCUT2D eigenvalue weighted by Crippen LogP contribution is 1.87. The van der Waals surface area contributed by atoms with Crippen molar-refractivity contribution in [2.45, 2.75) is 0 Å². The molecule has 0 fully saturated rings. The van der Waals surface area contributed by atoms with Gasteiger partial charge in [0.25, 0.3) is 0 Å². The van der Waals surface area contributed by atoms with Crippen LogP contribution < -0.4 is 0 Å². The molecule has 0 aromatic heterocycles. The molecular formula is C6H6N. The molecule has 1 heterocycles. The zero-order chi connectivity index (χ0) is 4.95. The maximum absolute atomic E-state index is 3.85. The fraction of sp³-hybridized carbons (Fsp3) is 0. The van der Waals surface area contributed by atoms with Crippen molar-refractivity contribution >= 4 is 6.21 Å². The molecule has 7 heavy (non-hydrogen) atoms. The minimum Gasteiger partial charge on any atom is -0.265 e. The van der Waals surface area contributed by atoms with Crippen molar-refractivity contribution < 1.29 is 0 Å². The van der Waals surface area contributed by atoms with E-state index >= 15 is 0 Å². The Morgan fingerprint density at radius 1 is 1.00 bits per heavy atom. The summed E-state index contributed by atoms with van der Waals surface area (Å²) >= 11 is 0. The van der Waals surface area contributed by atoms with Gasteiger partial charge in [-0.05, 0) is 6.08 Å². The molecule has 0 aromatic rings. The summed E-state index contributed by atoms with van der Waals surface area (Å²) in [7, 11) is 0. The highest BCUT2D eigenvalue weighted by atomic mass is 14.7. The molecule has 0 spiro atoms. The normalized spacial score (nSPS) is 17.1. The summed E-state index contributed by atoms with van der Waals surface area (Å²) in [5, 5.41) is 0. The largest absolute Gasteiger partial charge is 0.265 e. The van der Waals surface area contributed by atoms with Crippen LogP contribution in [0.5, 0.6) is 0 Å². The van der Waals surface area contributed by atoms with Crippen molar-refractivity contribution in [3.05, 3.63) is 30.8 Å². The summed E-state index contributed by atoms with van der Waals surface area (Å²) in [5.74, 6) is 0. The molecule has 1 heteroatoms. The first-order chi connectivity index (χ1) is 3.50. The molecule has 0 atom stereocenters. The zero-order valence-electron chi connectivity index (χ0n) is 3.91. The fourth-order valence-corrected chi connectivity index (χ4v) is 0.377. The number of aliphatic imine (C=N–C) groups is 1. The molecule has 0 saturated carbocycles. The molecule has 1 nitrogen and oxygen atoms in total. The summed E-state index contributed by atoms with van der Waals surface area (Å²) in [6.07, 6.45) is 11.2. The van der Waals surface area contributed by atoms with Crippen LogP contribution in [0.3, 0.4) is 0 Å². The first kappa shape index (κ1) is 4.31. The molecule has 0 amide bonds. The summed E-state index contributed by atoms with van der Waals surface area (Å²) < 4.78 is 0. The topological polar surface area (TPSA) is 12.4 Å². The lowest BCUT2D eigenvalue weighted by atomic mass is 10.4. The summed E-state index contributed by atoms with van der Waals surface area (Å²) in [4.78, 5) is 3.85. The second-order valence-electron chi connectivity index (χ2n) is 1.22. The number of hydrogen-bond acceptors (Lipinski definition) is 1. The van der Waals surface area contributed by atoms with E-state index in [4.69, 9.17) is 0 Å². The molecule has 1 aliphatic rings. The van der Waals surface area contributed by atoms with Gasteiger partial charge in [-0.15, -0.1) is 0 Å². The van der Waals surface area contributed by atoms with E-state index in [-0.39, 0.29) is 0 Å². The van der Waals surface area contributed by atoms with Crippen LogP contribution in [-0.4, -0.2) is 6.21 Å². The fourth-order valence-electron chi connectivity index (χ4n) is 0.377. The minimum absolute atomic E-state index is 1.75. The Hall–Kier alpha value is -0.850. The first-order valence-electron chi connectivity index (χ1n) is 2.18. The van der Waals surface area contributed by atoms with E-state index in [0.29, 0.717) is 0 Å². The van der Waals surface area contributed by atoms with E-state index in [0.717, 1.165) is 0 Å². The van der Waals surface area contributed by atoms with Crippen molar-refractivity contribution in [2.75, 3.05) is 0 Å². The Balaban J connectivity index is 2.60. The Labute approximate surface area is 43.1 Å². The molecule has 1 radical (unpaired) electrons. The highest BCUT2D eigenvalue weighted by Gasteiger charge is 1.72. The van der Waals surface area contributed by atoms with Crippen LogP contribution in [0.1, 0.15) is 0 Å². The van der Waals surface area contributed by atoms with Crippen LogP contribution in [0.15, 0.2) is 29.4 Å². The maximum Gasteiger partial charge on any atom is 0.0264 e. The van der Waals surface area contributed by atoms with Crippen LogP contribution >= 0.6 is 0 Å². The number of allylic oxidation sites excluding steroid dienone is 3. The second kappa shape index (κ2) is 2.35. The molecule has 1 aliphatic heterocycles. The zero-order valence-corrected chi connectivity index (χ0v) is 3.91. The van der Waals surface area contributed by atoms with Gasteiger partial charge in [0, 0.05) is 18.8 Å². The monoisotopic (exact) mass is 92.1 g/mol. The molecule has 35 valence electrons. The van der Waals surface area contributed by atoms with Gasteiger partial charge in [-0.1, -0.05) is 12.2 Å². The highest BCUT2D eigenvalue weighted by molar-refractivity contribution is 5.72. The van der Waals surface area contributed by atoms with Crippen molar-refractivity contribution in [3.63, 3.8) is 0 Å². The van der Waals surface area contributed by atoms with Gasteiger partial charge in [-0.3, -0.25) is 4.99 Å². The van der Waals surface area contributed by atoms with Crippen molar-refractivity contribution in [1.82, 2.24) is 0 Å². The number of rotatable bonds is 0. The lowest BCUT2D eigenvalue weighted by molar-refractivity contribution is 1.59. The third kappa shape index (κ3) is 1.35. The van der Waals surface area contributed by atoms with Crippen LogP contribution in [-0.2, 0) is 0 Å². The SMILES string of the molecule is [CH]1C=CC=NC=C1. The predicted molar refractivity (Wildman–Crippen MR) is 31.1 cm³/mol. The van der Waals surface area contributed by atoms with Gasteiger partial charge >= 0.3 is 0 Å². The van der Waals surface area contributed by atoms with E-state index in [1.54, 1.807) is 12.4 Å².